The molecule has 0 spiro atoms. The maximum atomic E-state index is 13.0. The van der Waals surface area contributed by atoms with Crippen molar-refractivity contribution < 1.29 is 26.0 Å². The summed E-state index contributed by atoms with van der Waals surface area (Å²) in [5.41, 5.74) is 0.0390. The molecule has 0 aliphatic rings. The molecule has 0 unspecified atom stereocenters. The fraction of sp³-hybridized carbons (Fsp3) is 0.188. The molecule has 1 N–H and O–H groups in total. The molecule has 2 aromatic carbocycles. The van der Waals surface area contributed by atoms with Crippen LogP contribution in [0.25, 0.3) is 0 Å². The number of halogens is 2. The first-order valence-electron chi connectivity index (χ1n) is 7.42. The van der Waals surface area contributed by atoms with E-state index in [9.17, 15) is 26.0 Å². The van der Waals surface area contributed by atoms with Gasteiger partial charge in [-0.15, -0.1) is 0 Å². The molecule has 0 saturated carbocycles. The SMILES string of the molecule is CN(CC(=O)Nc1cc(S(C)(=O)=O)ccc1Cl)S(=O)(=O)c1ccc(F)cc1. The fourth-order valence-electron chi connectivity index (χ4n) is 2.09. The number of carbonyl (C=O) groups excluding carboxylic acids is 1. The van der Waals surface area contributed by atoms with Crippen LogP contribution in [0.1, 0.15) is 0 Å². The molecule has 11 heteroatoms. The first-order valence-corrected chi connectivity index (χ1v) is 11.1. The summed E-state index contributed by atoms with van der Waals surface area (Å²) >= 11 is 5.95. The molecule has 0 heterocycles. The molecule has 0 radical (unpaired) electrons. The van der Waals surface area contributed by atoms with Crippen LogP contribution in [0.2, 0.25) is 5.02 Å². The van der Waals surface area contributed by atoms with Crippen LogP contribution in [0.5, 0.6) is 0 Å². The van der Waals surface area contributed by atoms with Gasteiger partial charge in [0, 0.05) is 13.3 Å². The molecular formula is C16H16ClFN2O5S2. The molecule has 0 bridgehead atoms. The predicted molar refractivity (Wildman–Crippen MR) is 99.4 cm³/mol. The quantitative estimate of drug-likeness (QED) is 0.750. The fourth-order valence-corrected chi connectivity index (χ4v) is 4.03. The summed E-state index contributed by atoms with van der Waals surface area (Å²) in [6, 6.07) is 7.96. The summed E-state index contributed by atoms with van der Waals surface area (Å²) in [5, 5.41) is 2.48. The van der Waals surface area contributed by atoms with Crippen LogP contribution in [0, 0.1) is 5.82 Å². The summed E-state index contributed by atoms with van der Waals surface area (Å²) in [5.74, 6) is -1.31. The van der Waals surface area contributed by atoms with Crippen molar-refractivity contribution in [2.45, 2.75) is 9.79 Å². The number of nitrogens with one attached hydrogen (secondary N) is 1. The average molecular weight is 435 g/mol. The van der Waals surface area contributed by atoms with Gasteiger partial charge in [0.1, 0.15) is 5.82 Å². The number of sulfonamides is 1. The second kappa shape index (κ2) is 7.93. The Kier molecular flexibility index (Phi) is 6.25. The molecule has 146 valence electrons. The normalized spacial score (nSPS) is 12.2. The van der Waals surface area contributed by atoms with Gasteiger partial charge in [-0.25, -0.2) is 21.2 Å². The predicted octanol–water partition coefficient (Wildman–Crippen LogP) is 2.14. The van der Waals surface area contributed by atoms with Gasteiger partial charge in [-0.05, 0) is 42.5 Å². The van der Waals surface area contributed by atoms with Crippen LogP contribution < -0.4 is 5.32 Å². The molecule has 1 amide bonds. The highest BCUT2D eigenvalue weighted by atomic mass is 35.5. The molecule has 0 aromatic heterocycles. The van der Waals surface area contributed by atoms with Gasteiger partial charge in [-0.3, -0.25) is 4.79 Å². The van der Waals surface area contributed by atoms with Crippen LogP contribution >= 0.6 is 11.6 Å². The molecule has 27 heavy (non-hydrogen) atoms. The largest absolute Gasteiger partial charge is 0.324 e. The zero-order valence-electron chi connectivity index (χ0n) is 14.3. The minimum atomic E-state index is -4.01. The average Bonchev–Trinajstić information content (AvgIpc) is 2.56. The first-order chi connectivity index (χ1) is 12.4. The minimum Gasteiger partial charge on any atom is -0.324 e. The lowest BCUT2D eigenvalue weighted by Gasteiger charge is -2.17. The monoisotopic (exact) mass is 434 g/mol. The number of hydrogen-bond donors (Lipinski definition) is 1. The second-order valence-corrected chi connectivity index (χ2v) is 10.1. The van der Waals surface area contributed by atoms with Crippen molar-refractivity contribution in [2.75, 3.05) is 25.2 Å². The van der Waals surface area contributed by atoms with E-state index in [-0.39, 0.29) is 20.5 Å². The van der Waals surface area contributed by atoms with Crippen molar-refractivity contribution in [3.63, 3.8) is 0 Å². The third-order valence-corrected chi connectivity index (χ3v) is 6.79. The van der Waals surface area contributed by atoms with Crippen LogP contribution in [-0.2, 0) is 24.7 Å². The highest BCUT2D eigenvalue weighted by Crippen LogP contribution is 2.25. The molecule has 0 atom stereocenters. The van der Waals surface area contributed by atoms with Gasteiger partial charge in [0.05, 0.1) is 27.0 Å². The summed E-state index contributed by atoms with van der Waals surface area (Å²) in [6.07, 6.45) is 1.00. The van der Waals surface area contributed by atoms with Gasteiger partial charge in [-0.1, -0.05) is 11.6 Å². The molecule has 0 aliphatic heterocycles. The van der Waals surface area contributed by atoms with Crippen LogP contribution in [0.3, 0.4) is 0 Å². The van der Waals surface area contributed by atoms with Gasteiger partial charge in [0.15, 0.2) is 9.84 Å². The Labute approximate surface area is 161 Å². The zero-order chi connectivity index (χ0) is 20.4. The van der Waals surface area contributed by atoms with E-state index in [4.69, 9.17) is 11.6 Å². The van der Waals surface area contributed by atoms with Gasteiger partial charge >= 0.3 is 0 Å². The maximum absolute atomic E-state index is 13.0. The van der Waals surface area contributed by atoms with E-state index in [1.807, 2.05) is 0 Å². The summed E-state index contributed by atoms with van der Waals surface area (Å²) in [7, 11) is -6.33. The third kappa shape index (κ3) is 5.25. The van der Waals surface area contributed by atoms with Crippen molar-refractivity contribution in [1.82, 2.24) is 4.31 Å². The number of carbonyl (C=O) groups is 1. The van der Waals surface area contributed by atoms with E-state index < -0.39 is 38.1 Å². The maximum Gasteiger partial charge on any atom is 0.243 e. The van der Waals surface area contributed by atoms with E-state index in [0.717, 1.165) is 34.8 Å². The van der Waals surface area contributed by atoms with Crippen molar-refractivity contribution >= 4 is 43.1 Å². The highest BCUT2D eigenvalue weighted by Gasteiger charge is 2.23. The second-order valence-electron chi connectivity index (χ2n) is 5.68. The van der Waals surface area contributed by atoms with Crippen LogP contribution in [-0.4, -0.2) is 46.9 Å². The Hall–Kier alpha value is -2.01. The standard InChI is InChI=1S/C16H16ClFN2O5S2/c1-20(27(24,25)12-5-3-11(18)4-6-12)10-16(21)19-15-9-13(26(2,22)23)7-8-14(15)17/h3-9H,10H2,1-2H3,(H,19,21). The van der Waals surface area contributed by atoms with Crippen LogP contribution in [0.4, 0.5) is 10.1 Å². The zero-order valence-corrected chi connectivity index (χ0v) is 16.7. The number of likely N-dealkylation sites (N-methyl/N-ethyl adjacent to an activating group) is 1. The van der Waals surface area contributed by atoms with Crippen molar-refractivity contribution in [2.24, 2.45) is 0 Å². The molecule has 0 saturated heterocycles. The topological polar surface area (TPSA) is 101 Å². The smallest absolute Gasteiger partial charge is 0.243 e. The van der Waals surface area contributed by atoms with Gasteiger partial charge in [0.25, 0.3) is 0 Å². The lowest BCUT2D eigenvalue weighted by molar-refractivity contribution is -0.116. The van der Waals surface area contributed by atoms with E-state index in [0.29, 0.717) is 0 Å². The summed E-state index contributed by atoms with van der Waals surface area (Å²) in [4.78, 5) is 12.0. The number of rotatable bonds is 6. The molecule has 7 nitrogen and oxygen atoms in total. The third-order valence-electron chi connectivity index (χ3n) is 3.53. The van der Waals surface area contributed by atoms with Crippen molar-refractivity contribution in [1.29, 1.82) is 0 Å². The van der Waals surface area contributed by atoms with Gasteiger partial charge in [-0.2, -0.15) is 4.31 Å². The minimum absolute atomic E-state index is 0.0390. The van der Waals surface area contributed by atoms with Crippen molar-refractivity contribution in [3.8, 4) is 0 Å². The van der Waals surface area contributed by atoms with E-state index in [1.54, 1.807) is 0 Å². The molecule has 2 rings (SSSR count). The number of hydrogen-bond acceptors (Lipinski definition) is 5. The lowest BCUT2D eigenvalue weighted by atomic mass is 10.3. The Morgan fingerprint density at radius 2 is 1.63 bits per heavy atom. The lowest BCUT2D eigenvalue weighted by Crippen LogP contribution is -2.35. The molecule has 2 aromatic rings. The Balaban J connectivity index is 2.17. The van der Waals surface area contributed by atoms with Crippen molar-refractivity contribution in [3.05, 3.63) is 53.3 Å². The Bertz CT molecular complexity index is 1070. The molecule has 0 fully saturated rings. The highest BCUT2D eigenvalue weighted by molar-refractivity contribution is 7.90. The van der Waals surface area contributed by atoms with E-state index in [2.05, 4.69) is 5.32 Å². The first kappa shape index (κ1) is 21.3. The number of sulfone groups is 1. The number of benzene rings is 2. The van der Waals surface area contributed by atoms with Crippen LogP contribution in [0.15, 0.2) is 52.3 Å². The van der Waals surface area contributed by atoms with Gasteiger partial charge < -0.3 is 5.32 Å². The molecule has 0 aliphatic carbocycles. The Morgan fingerprint density at radius 3 is 2.19 bits per heavy atom. The van der Waals surface area contributed by atoms with E-state index >= 15 is 0 Å². The van der Waals surface area contributed by atoms with E-state index in [1.165, 1.54) is 25.2 Å². The Morgan fingerprint density at radius 1 is 1.07 bits per heavy atom. The number of amides is 1. The van der Waals surface area contributed by atoms with Gasteiger partial charge in [0.2, 0.25) is 15.9 Å². The summed E-state index contributed by atoms with van der Waals surface area (Å²) < 4.78 is 61.7. The summed E-state index contributed by atoms with van der Waals surface area (Å²) in [6.45, 7) is -0.556. The number of nitrogens with zero attached hydrogens (tertiary/aromatic N) is 1. The molecular weight excluding hydrogens is 419 g/mol. The number of anilines is 1.